The smallest absolute Gasteiger partial charge is 0.319 e. The van der Waals surface area contributed by atoms with Gasteiger partial charge in [-0.05, 0) is 88.9 Å². The van der Waals surface area contributed by atoms with Crippen LogP contribution in [-0.2, 0) is 6.54 Å². The number of hydrogen-bond acceptors (Lipinski definition) is 3. The number of furan rings is 1. The Kier molecular flexibility index (Phi) is 6.22. The minimum atomic E-state index is -0.119. The van der Waals surface area contributed by atoms with Crippen molar-refractivity contribution in [2.75, 3.05) is 25.0 Å². The molecule has 5 heteroatoms. The Morgan fingerprint density at radius 2 is 1.74 bits per heavy atom. The highest BCUT2D eigenvalue weighted by atomic mass is 16.3. The van der Waals surface area contributed by atoms with Gasteiger partial charge in [-0.25, -0.2) is 4.79 Å². The molecular weight excluding hydrogens is 338 g/mol. The van der Waals surface area contributed by atoms with Gasteiger partial charge in [0.15, 0.2) is 0 Å². The van der Waals surface area contributed by atoms with Gasteiger partial charge in [0.05, 0.1) is 0 Å². The third-order valence-corrected chi connectivity index (χ3v) is 5.28. The SMILES string of the molecule is Cc1cc(C)cc(NC(=O)NCC2CCN(Cc3cc(C)oc3C)CC2)c1. The van der Waals surface area contributed by atoms with Crippen molar-refractivity contribution in [3.05, 3.63) is 52.5 Å². The number of rotatable bonds is 5. The first-order valence-corrected chi connectivity index (χ1v) is 9.80. The number of benzene rings is 1. The lowest BCUT2D eigenvalue weighted by atomic mass is 9.96. The standard InChI is InChI=1S/C22H31N3O2/c1-15-9-16(2)11-21(10-15)24-22(26)23-13-19-5-7-25(8-6-19)14-20-12-17(3)27-18(20)4/h9-12,19H,5-8,13-14H2,1-4H3,(H2,23,24,26). The average molecular weight is 370 g/mol. The first-order chi connectivity index (χ1) is 12.9. The molecule has 1 aliphatic rings. The minimum Gasteiger partial charge on any atom is -0.466 e. The van der Waals surface area contributed by atoms with E-state index in [-0.39, 0.29) is 6.03 Å². The molecule has 0 aliphatic carbocycles. The Bertz CT molecular complexity index is 769. The molecule has 2 aromatic rings. The van der Waals surface area contributed by atoms with Gasteiger partial charge in [-0.1, -0.05) is 6.07 Å². The number of aryl methyl sites for hydroxylation is 4. The Balaban J connectivity index is 1.40. The van der Waals surface area contributed by atoms with E-state index in [9.17, 15) is 4.79 Å². The van der Waals surface area contributed by atoms with E-state index in [1.54, 1.807) is 0 Å². The van der Waals surface area contributed by atoms with Crippen LogP contribution in [-0.4, -0.2) is 30.6 Å². The van der Waals surface area contributed by atoms with Gasteiger partial charge < -0.3 is 15.1 Å². The van der Waals surface area contributed by atoms with E-state index >= 15 is 0 Å². The molecule has 2 heterocycles. The number of anilines is 1. The zero-order valence-corrected chi connectivity index (χ0v) is 16.9. The lowest BCUT2D eigenvalue weighted by molar-refractivity contribution is 0.175. The van der Waals surface area contributed by atoms with Gasteiger partial charge in [0.25, 0.3) is 0 Å². The van der Waals surface area contributed by atoms with Gasteiger partial charge in [-0.3, -0.25) is 4.90 Å². The molecule has 1 saturated heterocycles. The molecule has 3 rings (SSSR count). The van der Waals surface area contributed by atoms with Crippen LogP contribution >= 0.6 is 0 Å². The van der Waals surface area contributed by atoms with Crippen molar-refractivity contribution < 1.29 is 9.21 Å². The van der Waals surface area contributed by atoms with Crippen LogP contribution in [0.5, 0.6) is 0 Å². The van der Waals surface area contributed by atoms with Crippen molar-refractivity contribution in [3.8, 4) is 0 Å². The molecule has 0 spiro atoms. The monoisotopic (exact) mass is 369 g/mol. The molecule has 1 fully saturated rings. The molecular formula is C22H31N3O2. The average Bonchev–Trinajstić information content (AvgIpc) is 2.90. The number of carbonyl (C=O) groups excluding carboxylic acids is 1. The summed E-state index contributed by atoms with van der Waals surface area (Å²) in [5.74, 6) is 2.55. The van der Waals surface area contributed by atoms with Crippen LogP contribution in [0.3, 0.4) is 0 Å². The van der Waals surface area contributed by atoms with Crippen LogP contribution in [0, 0.1) is 33.6 Å². The lowest BCUT2D eigenvalue weighted by Gasteiger charge is -2.31. The van der Waals surface area contributed by atoms with Crippen molar-refractivity contribution in [1.29, 1.82) is 0 Å². The van der Waals surface area contributed by atoms with Gasteiger partial charge in [0.2, 0.25) is 0 Å². The third kappa shape index (κ3) is 5.60. The number of carbonyl (C=O) groups is 1. The van der Waals surface area contributed by atoms with Gasteiger partial charge in [0.1, 0.15) is 11.5 Å². The normalized spacial score (nSPS) is 15.7. The Labute approximate surface area is 162 Å². The van der Waals surface area contributed by atoms with E-state index in [1.165, 1.54) is 5.56 Å². The Hall–Kier alpha value is -2.27. The van der Waals surface area contributed by atoms with Gasteiger partial charge in [-0.2, -0.15) is 0 Å². The number of hydrogen-bond donors (Lipinski definition) is 2. The van der Waals surface area contributed by atoms with Crippen LogP contribution in [0.15, 0.2) is 28.7 Å². The number of piperidine rings is 1. The number of nitrogens with zero attached hydrogens (tertiary/aromatic N) is 1. The van der Waals surface area contributed by atoms with Crippen molar-refractivity contribution in [1.82, 2.24) is 10.2 Å². The summed E-state index contributed by atoms with van der Waals surface area (Å²) >= 11 is 0. The Morgan fingerprint density at radius 3 is 2.33 bits per heavy atom. The predicted molar refractivity (Wildman–Crippen MR) is 109 cm³/mol. The second kappa shape index (κ2) is 8.61. The predicted octanol–water partition coefficient (Wildman–Crippen LogP) is 4.55. The second-order valence-electron chi connectivity index (χ2n) is 7.87. The van der Waals surface area contributed by atoms with E-state index < -0.39 is 0 Å². The van der Waals surface area contributed by atoms with Crippen LogP contribution < -0.4 is 10.6 Å². The highest BCUT2D eigenvalue weighted by Crippen LogP contribution is 2.21. The summed E-state index contributed by atoms with van der Waals surface area (Å²) in [5.41, 5.74) is 4.45. The topological polar surface area (TPSA) is 57.5 Å². The highest BCUT2D eigenvalue weighted by molar-refractivity contribution is 5.89. The molecule has 1 aromatic carbocycles. The fourth-order valence-corrected chi connectivity index (χ4v) is 3.89. The zero-order chi connectivity index (χ0) is 19.4. The summed E-state index contributed by atoms with van der Waals surface area (Å²) in [7, 11) is 0. The molecule has 146 valence electrons. The van der Waals surface area contributed by atoms with E-state index in [2.05, 4.69) is 27.7 Å². The lowest BCUT2D eigenvalue weighted by Crippen LogP contribution is -2.39. The molecule has 2 N–H and O–H groups in total. The second-order valence-corrected chi connectivity index (χ2v) is 7.87. The summed E-state index contributed by atoms with van der Waals surface area (Å²) in [6.07, 6.45) is 2.22. The molecule has 5 nitrogen and oxygen atoms in total. The van der Waals surface area contributed by atoms with Crippen molar-refractivity contribution in [2.45, 2.75) is 47.1 Å². The molecule has 27 heavy (non-hydrogen) atoms. The number of likely N-dealkylation sites (tertiary alicyclic amines) is 1. The summed E-state index contributed by atoms with van der Waals surface area (Å²) in [5, 5.41) is 5.98. The Morgan fingerprint density at radius 1 is 1.07 bits per heavy atom. The molecule has 0 atom stereocenters. The van der Waals surface area contributed by atoms with Crippen molar-refractivity contribution in [2.24, 2.45) is 5.92 Å². The molecule has 1 aromatic heterocycles. The highest BCUT2D eigenvalue weighted by Gasteiger charge is 2.21. The fraction of sp³-hybridized carbons (Fsp3) is 0.500. The van der Waals surface area contributed by atoms with E-state index in [0.29, 0.717) is 5.92 Å². The number of nitrogens with one attached hydrogen (secondary N) is 2. The van der Waals surface area contributed by atoms with Gasteiger partial charge >= 0.3 is 6.03 Å². The third-order valence-electron chi connectivity index (χ3n) is 5.28. The maximum absolute atomic E-state index is 12.2. The van der Waals surface area contributed by atoms with Crippen LogP contribution in [0.2, 0.25) is 0 Å². The van der Waals surface area contributed by atoms with Crippen LogP contribution in [0.1, 0.15) is 41.1 Å². The summed E-state index contributed by atoms with van der Waals surface area (Å²) < 4.78 is 5.62. The van der Waals surface area contributed by atoms with Crippen molar-refractivity contribution in [3.63, 3.8) is 0 Å². The zero-order valence-electron chi connectivity index (χ0n) is 16.9. The van der Waals surface area contributed by atoms with Crippen LogP contribution in [0.4, 0.5) is 10.5 Å². The van der Waals surface area contributed by atoms with Crippen molar-refractivity contribution >= 4 is 11.7 Å². The molecule has 0 radical (unpaired) electrons. The minimum absolute atomic E-state index is 0.119. The molecule has 2 amide bonds. The molecule has 0 saturated carbocycles. The molecule has 1 aliphatic heterocycles. The first kappa shape index (κ1) is 19.5. The van der Waals surface area contributed by atoms with Gasteiger partial charge in [0, 0.05) is 24.3 Å². The number of amides is 2. The maximum atomic E-state index is 12.2. The van der Waals surface area contributed by atoms with Crippen LogP contribution in [0.25, 0.3) is 0 Å². The largest absolute Gasteiger partial charge is 0.466 e. The summed E-state index contributed by atoms with van der Waals surface area (Å²) in [4.78, 5) is 14.7. The number of urea groups is 1. The first-order valence-electron chi connectivity index (χ1n) is 9.80. The molecule has 0 bridgehead atoms. The summed E-state index contributed by atoms with van der Waals surface area (Å²) in [6.45, 7) is 11.9. The van der Waals surface area contributed by atoms with E-state index in [1.807, 2.05) is 39.8 Å². The van der Waals surface area contributed by atoms with Gasteiger partial charge in [-0.15, -0.1) is 0 Å². The molecule has 0 unspecified atom stereocenters. The van der Waals surface area contributed by atoms with E-state index in [4.69, 9.17) is 4.42 Å². The summed E-state index contributed by atoms with van der Waals surface area (Å²) in [6, 6.07) is 8.10. The maximum Gasteiger partial charge on any atom is 0.319 e. The fourth-order valence-electron chi connectivity index (χ4n) is 3.89. The quantitative estimate of drug-likeness (QED) is 0.813. The van der Waals surface area contributed by atoms with E-state index in [0.717, 1.165) is 67.4 Å².